The first-order valence-corrected chi connectivity index (χ1v) is 26.5. The molecule has 0 aliphatic rings. The van der Waals surface area contributed by atoms with Gasteiger partial charge in [-0.2, -0.15) is 0 Å². The van der Waals surface area contributed by atoms with Crippen molar-refractivity contribution in [2.45, 2.75) is 244 Å². The normalized spacial score (nSPS) is 11.5. The van der Waals surface area contributed by atoms with Crippen molar-refractivity contribution in [2.75, 3.05) is 19.0 Å². The van der Waals surface area contributed by atoms with Crippen LogP contribution in [0.3, 0.4) is 0 Å². The van der Waals surface area contributed by atoms with Gasteiger partial charge in [-0.3, -0.25) is 4.79 Å². The van der Waals surface area contributed by atoms with Crippen LogP contribution in [0.2, 0.25) is 0 Å². The van der Waals surface area contributed by atoms with Crippen molar-refractivity contribution in [1.29, 1.82) is 0 Å². The Bertz CT molecular complexity index is 1200. The number of hydrogen-bond donors (Lipinski definition) is 0. The molecule has 0 atom stereocenters. The number of carbonyl (C=O) groups excluding carboxylic acids is 1. The SMILES string of the molecule is CCCCCCCCCCCCCCCCCCOc1cc(C=CC(=O)c2ccc(SCCCC)cc2)cc(OCCCCCCCCCCCCCCCCCC)c1. The van der Waals surface area contributed by atoms with Crippen LogP contribution in [-0.2, 0) is 0 Å². The predicted molar refractivity (Wildman–Crippen MR) is 262 cm³/mol. The molecule has 0 saturated carbocycles. The number of rotatable bonds is 43. The van der Waals surface area contributed by atoms with Gasteiger partial charge in [0.05, 0.1) is 13.2 Å². The van der Waals surface area contributed by atoms with E-state index in [2.05, 4.69) is 32.9 Å². The van der Waals surface area contributed by atoms with Crippen molar-refractivity contribution in [3.8, 4) is 11.5 Å². The molecular formula is C55H92O3S. The third-order valence-corrected chi connectivity index (χ3v) is 12.9. The van der Waals surface area contributed by atoms with Crippen LogP contribution in [0, 0.1) is 0 Å². The Morgan fingerprint density at radius 2 is 0.780 bits per heavy atom. The summed E-state index contributed by atoms with van der Waals surface area (Å²) in [7, 11) is 0. The van der Waals surface area contributed by atoms with E-state index in [9.17, 15) is 4.79 Å². The molecule has 4 heteroatoms. The Kier molecular flexibility index (Phi) is 35.8. The van der Waals surface area contributed by atoms with E-state index < -0.39 is 0 Å². The second-order valence-corrected chi connectivity index (χ2v) is 18.6. The lowest BCUT2D eigenvalue weighted by atomic mass is 10.0. The Labute approximate surface area is 370 Å². The van der Waals surface area contributed by atoms with Gasteiger partial charge in [-0.1, -0.05) is 226 Å². The molecule has 336 valence electrons. The number of benzene rings is 2. The summed E-state index contributed by atoms with van der Waals surface area (Å²) in [5.41, 5.74) is 1.66. The lowest BCUT2D eigenvalue weighted by molar-refractivity contribution is 0.104. The lowest BCUT2D eigenvalue weighted by Gasteiger charge is -2.12. The van der Waals surface area contributed by atoms with Crippen molar-refractivity contribution in [3.05, 3.63) is 59.7 Å². The minimum atomic E-state index is 0.0187. The van der Waals surface area contributed by atoms with Crippen molar-refractivity contribution < 1.29 is 14.3 Å². The molecule has 2 aromatic carbocycles. The molecule has 0 unspecified atom stereocenters. The van der Waals surface area contributed by atoms with Crippen LogP contribution in [0.15, 0.2) is 53.4 Å². The van der Waals surface area contributed by atoms with E-state index in [1.807, 2.05) is 48.2 Å². The summed E-state index contributed by atoms with van der Waals surface area (Å²) in [6.07, 6.45) is 49.7. The first-order valence-electron chi connectivity index (χ1n) is 25.5. The highest BCUT2D eigenvalue weighted by molar-refractivity contribution is 7.99. The first kappa shape index (κ1) is 52.9. The van der Waals surface area contributed by atoms with E-state index in [-0.39, 0.29) is 5.78 Å². The summed E-state index contributed by atoms with van der Waals surface area (Å²) >= 11 is 1.86. The third kappa shape index (κ3) is 31.3. The van der Waals surface area contributed by atoms with Gasteiger partial charge in [-0.05, 0) is 73.1 Å². The average Bonchev–Trinajstić information content (AvgIpc) is 3.25. The van der Waals surface area contributed by atoms with Crippen LogP contribution in [0.5, 0.6) is 11.5 Å². The van der Waals surface area contributed by atoms with E-state index in [0.717, 1.165) is 41.2 Å². The third-order valence-electron chi connectivity index (χ3n) is 11.8. The zero-order chi connectivity index (χ0) is 42.1. The van der Waals surface area contributed by atoms with Gasteiger partial charge < -0.3 is 9.47 Å². The van der Waals surface area contributed by atoms with Gasteiger partial charge in [-0.25, -0.2) is 0 Å². The van der Waals surface area contributed by atoms with Crippen LogP contribution >= 0.6 is 11.8 Å². The molecule has 0 amide bonds. The Morgan fingerprint density at radius 1 is 0.441 bits per heavy atom. The van der Waals surface area contributed by atoms with Crippen LogP contribution in [0.25, 0.3) is 6.08 Å². The van der Waals surface area contributed by atoms with E-state index in [0.29, 0.717) is 13.2 Å². The van der Waals surface area contributed by atoms with Crippen LogP contribution in [-0.4, -0.2) is 24.7 Å². The number of carbonyl (C=O) groups is 1. The summed E-state index contributed by atoms with van der Waals surface area (Å²) in [6, 6.07) is 14.2. The molecule has 0 aliphatic heterocycles. The summed E-state index contributed by atoms with van der Waals surface area (Å²) in [4.78, 5) is 14.3. The molecule has 0 aromatic heterocycles. The fourth-order valence-electron chi connectivity index (χ4n) is 7.85. The smallest absolute Gasteiger partial charge is 0.185 e. The molecule has 0 N–H and O–H groups in total. The molecule has 0 aliphatic carbocycles. The van der Waals surface area contributed by atoms with E-state index in [1.165, 1.54) is 210 Å². The maximum absolute atomic E-state index is 13.1. The summed E-state index contributed by atoms with van der Waals surface area (Å²) in [6.45, 7) is 8.24. The fourth-order valence-corrected chi connectivity index (χ4v) is 8.85. The molecule has 0 bridgehead atoms. The standard InChI is InChI=1S/C55H92O3S/c1-4-7-10-12-14-16-18-20-22-24-26-28-30-32-34-36-44-57-52-47-50(38-43-55(56)51-39-41-54(42-40-51)59-46-9-6-3)48-53(49-52)58-45-37-35-33-31-29-27-25-23-21-19-17-15-13-11-8-5-2/h38-43,47-49H,4-37,44-46H2,1-3H3. The lowest BCUT2D eigenvalue weighted by Crippen LogP contribution is -2.01. The minimum absolute atomic E-state index is 0.0187. The highest BCUT2D eigenvalue weighted by Gasteiger charge is 2.06. The van der Waals surface area contributed by atoms with E-state index in [4.69, 9.17) is 9.47 Å². The highest BCUT2D eigenvalue weighted by Crippen LogP contribution is 2.26. The summed E-state index contributed by atoms with van der Waals surface area (Å²) in [5.74, 6) is 2.79. The monoisotopic (exact) mass is 833 g/mol. The zero-order valence-electron chi connectivity index (χ0n) is 39.0. The highest BCUT2D eigenvalue weighted by atomic mass is 32.2. The number of allylic oxidation sites excluding steroid dienone is 1. The molecule has 3 nitrogen and oxygen atoms in total. The Morgan fingerprint density at radius 3 is 1.14 bits per heavy atom. The zero-order valence-corrected chi connectivity index (χ0v) is 39.8. The van der Waals surface area contributed by atoms with Crippen LogP contribution < -0.4 is 9.47 Å². The van der Waals surface area contributed by atoms with Gasteiger partial charge >= 0.3 is 0 Å². The quantitative estimate of drug-likeness (QED) is 0.0289. The van der Waals surface area contributed by atoms with Gasteiger partial charge in [0.1, 0.15) is 11.5 Å². The van der Waals surface area contributed by atoms with Crippen molar-refractivity contribution >= 4 is 23.6 Å². The first-order chi connectivity index (χ1) is 29.2. The van der Waals surface area contributed by atoms with Gasteiger partial charge in [0, 0.05) is 16.5 Å². The van der Waals surface area contributed by atoms with Gasteiger partial charge in [-0.15, -0.1) is 11.8 Å². The number of ether oxygens (including phenoxy) is 2. The molecule has 2 rings (SSSR count). The van der Waals surface area contributed by atoms with E-state index >= 15 is 0 Å². The van der Waals surface area contributed by atoms with Gasteiger partial charge in [0.15, 0.2) is 5.78 Å². The number of unbranched alkanes of at least 4 members (excludes halogenated alkanes) is 31. The summed E-state index contributed by atoms with van der Waals surface area (Å²) in [5, 5.41) is 0. The topological polar surface area (TPSA) is 35.5 Å². The van der Waals surface area contributed by atoms with Crippen LogP contribution in [0.1, 0.15) is 255 Å². The van der Waals surface area contributed by atoms with Crippen molar-refractivity contribution in [2.24, 2.45) is 0 Å². The molecular weight excluding hydrogens is 741 g/mol. The van der Waals surface area contributed by atoms with Crippen LogP contribution in [0.4, 0.5) is 0 Å². The molecule has 0 spiro atoms. The number of thioether (sulfide) groups is 1. The average molecular weight is 833 g/mol. The Balaban J connectivity index is 1.70. The summed E-state index contributed by atoms with van der Waals surface area (Å²) < 4.78 is 12.6. The molecule has 2 aromatic rings. The number of ketones is 1. The maximum atomic E-state index is 13.1. The second kappa shape index (κ2) is 39.9. The van der Waals surface area contributed by atoms with E-state index in [1.54, 1.807) is 6.08 Å². The van der Waals surface area contributed by atoms with Gasteiger partial charge in [0.2, 0.25) is 0 Å². The molecule has 0 radical (unpaired) electrons. The second-order valence-electron chi connectivity index (χ2n) is 17.5. The molecule has 59 heavy (non-hydrogen) atoms. The van der Waals surface area contributed by atoms with Crippen molar-refractivity contribution in [3.63, 3.8) is 0 Å². The molecule has 0 fully saturated rings. The number of hydrogen-bond acceptors (Lipinski definition) is 4. The fraction of sp³-hybridized carbons (Fsp3) is 0.727. The molecule has 0 saturated heterocycles. The van der Waals surface area contributed by atoms with Crippen molar-refractivity contribution in [1.82, 2.24) is 0 Å². The predicted octanol–water partition coefficient (Wildman–Crippen LogP) is 18.8. The molecule has 0 heterocycles. The largest absolute Gasteiger partial charge is 0.493 e. The Hall–Kier alpha value is -2.20. The minimum Gasteiger partial charge on any atom is -0.493 e. The maximum Gasteiger partial charge on any atom is 0.185 e. The van der Waals surface area contributed by atoms with Gasteiger partial charge in [0.25, 0.3) is 0 Å².